The summed E-state index contributed by atoms with van der Waals surface area (Å²) in [6.45, 7) is 4.16. The minimum Gasteiger partial charge on any atom is -0.394 e. The van der Waals surface area contributed by atoms with Gasteiger partial charge in [-0.05, 0) is 31.5 Å². The van der Waals surface area contributed by atoms with Crippen LogP contribution < -0.4 is 5.32 Å². The zero-order valence-electron chi connectivity index (χ0n) is 7.54. The van der Waals surface area contributed by atoms with Gasteiger partial charge in [0.15, 0.2) is 0 Å². The minimum atomic E-state index is 0.117. The Morgan fingerprint density at radius 1 is 1.50 bits per heavy atom. The van der Waals surface area contributed by atoms with Crippen LogP contribution in [0.1, 0.15) is 12.5 Å². The van der Waals surface area contributed by atoms with Gasteiger partial charge in [0.05, 0.1) is 6.61 Å². The molecule has 0 spiro atoms. The quantitative estimate of drug-likeness (QED) is 0.715. The maximum Gasteiger partial charge on any atom is 0.0630 e. The highest BCUT2D eigenvalue weighted by Crippen LogP contribution is 2.10. The minimum absolute atomic E-state index is 0.117. The second-order valence-electron chi connectivity index (χ2n) is 3.10. The normalized spacial score (nSPS) is 12.6. The first-order valence-corrected chi connectivity index (χ1v) is 4.16. The summed E-state index contributed by atoms with van der Waals surface area (Å²) in [6.07, 6.45) is 0. The number of nitrogens with one attached hydrogen (secondary N) is 1. The Hall–Kier alpha value is -1.02. The van der Waals surface area contributed by atoms with Crippen LogP contribution in [0.15, 0.2) is 24.3 Å². The van der Waals surface area contributed by atoms with E-state index in [-0.39, 0.29) is 12.6 Å². The maximum absolute atomic E-state index is 8.80. The van der Waals surface area contributed by atoms with Gasteiger partial charge in [0, 0.05) is 11.7 Å². The summed E-state index contributed by atoms with van der Waals surface area (Å²) in [7, 11) is 0. The molecule has 2 N–H and O–H groups in total. The smallest absolute Gasteiger partial charge is 0.0630 e. The highest BCUT2D eigenvalue weighted by molar-refractivity contribution is 5.45. The van der Waals surface area contributed by atoms with Crippen molar-refractivity contribution in [2.45, 2.75) is 19.9 Å². The van der Waals surface area contributed by atoms with E-state index in [1.807, 2.05) is 19.1 Å². The number of rotatable bonds is 3. The molecule has 66 valence electrons. The Labute approximate surface area is 73.2 Å². The van der Waals surface area contributed by atoms with Crippen molar-refractivity contribution in [1.29, 1.82) is 0 Å². The van der Waals surface area contributed by atoms with Crippen LogP contribution in [0.25, 0.3) is 0 Å². The Balaban J connectivity index is 2.63. The Kier molecular flexibility index (Phi) is 3.11. The second kappa shape index (κ2) is 4.12. The highest BCUT2D eigenvalue weighted by atomic mass is 16.3. The van der Waals surface area contributed by atoms with Crippen LogP contribution in [-0.4, -0.2) is 17.8 Å². The fourth-order valence-electron chi connectivity index (χ4n) is 1.07. The van der Waals surface area contributed by atoms with Crippen molar-refractivity contribution < 1.29 is 5.11 Å². The zero-order chi connectivity index (χ0) is 8.97. The lowest BCUT2D eigenvalue weighted by Crippen LogP contribution is -2.19. The summed E-state index contributed by atoms with van der Waals surface area (Å²) >= 11 is 0. The topological polar surface area (TPSA) is 32.3 Å². The Bertz CT molecular complexity index is 247. The molecule has 0 aliphatic heterocycles. The van der Waals surface area contributed by atoms with Crippen LogP contribution in [0, 0.1) is 6.92 Å². The van der Waals surface area contributed by atoms with Gasteiger partial charge in [-0.15, -0.1) is 0 Å². The fourth-order valence-corrected chi connectivity index (χ4v) is 1.07. The number of aliphatic hydroxyl groups is 1. The van der Waals surface area contributed by atoms with E-state index in [0.29, 0.717) is 0 Å². The molecule has 2 nitrogen and oxygen atoms in total. The second-order valence-corrected chi connectivity index (χ2v) is 3.10. The van der Waals surface area contributed by atoms with E-state index in [0.717, 1.165) is 5.69 Å². The summed E-state index contributed by atoms with van der Waals surface area (Å²) in [5, 5.41) is 12.0. The predicted molar refractivity (Wildman–Crippen MR) is 51.3 cm³/mol. The molecule has 0 radical (unpaired) electrons. The molecule has 0 fully saturated rings. The van der Waals surface area contributed by atoms with Gasteiger partial charge < -0.3 is 10.4 Å². The molecule has 12 heavy (non-hydrogen) atoms. The first-order valence-electron chi connectivity index (χ1n) is 4.16. The molecule has 0 bridgehead atoms. The lowest BCUT2D eigenvalue weighted by Gasteiger charge is -2.12. The first-order chi connectivity index (χ1) is 5.72. The van der Waals surface area contributed by atoms with Gasteiger partial charge in [-0.3, -0.25) is 0 Å². The molecule has 1 aromatic rings. The number of hydrogen-bond donors (Lipinski definition) is 2. The number of anilines is 1. The molecular weight excluding hydrogens is 150 g/mol. The van der Waals surface area contributed by atoms with Crippen molar-refractivity contribution >= 4 is 5.69 Å². The van der Waals surface area contributed by atoms with Crippen molar-refractivity contribution in [2.24, 2.45) is 0 Å². The largest absolute Gasteiger partial charge is 0.394 e. The fraction of sp³-hybridized carbons (Fsp3) is 0.400. The maximum atomic E-state index is 8.80. The van der Waals surface area contributed by atoms with Gasteiger partial charge in [-0.25, -0.2) is 0 Å². The summed E-state index contributed by atoms with van der Waals surface area (Å²) in [4.78, 5) is 0. The first kappa shape index (κ1) is 9.07. The third-order valence-corrected chi connectivity index (χ3v) is 1.71. The van der Waals surface area contributed by atoms with Crippen molar-refractivity contribution in [2.75, 3.05) is 11.9 Å². The van der Waals surface area contributed by atoms with E-state index in [1.54, 1.807) is 0 Å². The Morgan fingerprint density at radius 2 is 2.25 bits per heavy atom. The van der Waals surface area contributed by atoms with Crippen LogP contribution in [0.3, 0.4) is 0 Å². The third kappa shape index (κ3) is 2.55. The van der Waals surface area contributed by atoms with Gasteiger partial charge in [0.25, 0.3) is 0 Å². The van der Waals surface area contributed by atoms with Crippen LogP contribution in [0.5, 0.6) is 0 Å². The van der Waals surface area contributed by atoms with Gasteiger partial charge in [-0.1, -0.05) is 12.1 Å². The third-order valence-electron chi connectivity index (χ3n) is 1.71. The van der Waals surface area contributed by atoms with E-state index in [1.165, 1.54) is 5.56 Å². The van der Waals surface area contributed by atoms with Crippen LogP contribution >= 0.6 is 0 Å². The molecule has 1 aromatic carbocycles. The molecule has 1 unspecified atom stereocenters. The van der Waals surface area contributed by atoms with Crippen molar-refractivity contribution in [1.82, 2.24) is 0 Å². The summed E-state index contributed by atoms with van der Waals surface area (Å²) < 4.78 is 0. The molecule has 2 heteroatoms. The summed E-state index contributed by atoms with van der Waals surface area (Å²) in [5.41, 5.74) is 2.29. The van der Waals surface area contributed by atoms with E-state index in [4.69, 9.17) is 5.11 Å². The van der Waals surface area contributed by atoms with Gasteiger partial charge >= 0.3 is 0 Å². The molecule has 0 aliphatic carbocycles. The number of aliphatic hydroxyl groups excluding tert-OH is 1. The summed E-state index contributed by atoms with van der Waals surface area (Å²) in [6, 6.07) is 8.23. The number of benzene rings is 1. The SMILES string of the molecule is Cc1cccc(NC(C)CO)c1. The molecule has 1 atom stereocenters. The summed E-state index contributed by atoms with van der Waals surface area (Å²) in [5.74, 6) is 0. The molecule has 0 aromatic heterocycles. The molecular formula is C10H15NO. The van der Waals surface area contributed by atoms with Crippen molar-refractivity contribution in [3.8, 4) is 0 Å². The van der Waals surface area contributed by atoms with E-state index >= 15 is 0 Å². The van der Waals surface area contributed by atoms with Gasteiger partial charge in [-0.2, -0.15) is 0 Å². The van der Waals surface area contributed by atoms with Crippen LogP contribution in [0.2, 0.25) is 0 Å². The van der Waals surface area contributed by atoms with Gasteiger partial charge in [0.2, 0.25) is 0 Å². The zero-order valence-corrected chi connectivity index (χ0v) is 7.54. The molecule has 0 saturated heterocycles. The highest BCUT2D eigenvalue weighted by Gasteiger charge is 1.98. The monoisotopic (exact) mass is 165 g/mol. The standard InChI is InChI=1S/C10H15NO/c1-8-4-3-5-10(6-8)11-9(2)7-12/h3-6,9,11-12H,7H2,1-2H3. The molecule has 0 saturated carbocycles. The van der Waals surface area contributed by atoms with E-state index < -0.39 is 0 Å². The molecule has 1 rings (SSSR count). The van der Waals surface area contributed by atoms with E-state index in [2.05, 4.69) is 24.4 Å². The van der Waals surface area contributed by atoms with Gasteiger partial charge in [0.1, 0.15) is 0 Å². The molecule has 0 amide bonds. The number of hydrogen-bond acceptors (Lipinski definition) is 2. The average Bonchev–Trinajstić information content (AvgIpc) is 2.04. The van der Waals surface area contributed by atoms with Crippen LogP contribution in [0.4, 0.5) is 5.69 Å². The van der Waals surface area contributed by atoms with E-state index in [9.17, 15) is 0 Å². The predicted octanol–water partition coefficient (Wildman–Crippen LogP) is 1.79. The Morgan fingerprint density at radius 3 is 2.83 bits per heavy atom. The lowest BCUT2D eigenvalue weighted by atomic mass is 10.2. The van der Waals surface area contributed by atoms with Crippen molar-refractivity contribution in [3.63, 3.8) is 0 Å². The average molecular weight is 165 g/mol. The lowest BCUT2D eigenvalue weighted by molar-refractivity contribution is 0.281. The number of aryl methyl sites for hydroxylation is 1. The molecule has 0 heterocycles. The van der Waals surface area contributed by atoms with Crippen LogP contribution in [-0.2, 0) is 0 Å². The van der Waals surface area contributed by atoms with Crippen molar-refractivity contribution in [3.05, 3.63) is 29.8 Å². The molecule has 0 aliphatic rings.